The van der Waals surface area contributed by atoms with Crippen LogP contribution in [0.25, 0.3) is 0 Å². The van der Waals surface area contributed by atoms with Crippen molar-refractivity contribution < 1.29 is 14.2 Å². The molecule has 0 spiro atoms. The first kappa shape index (κ1) is 22.4. The molecule has 2 aromatic rings. The molecule has 7 nitrogen and oxygen atoms in total. The summed E-state index contributed by atoms with van der Waals surface area (Å²) in [6, 6.07) is 16.4. The van der Waals surface area contributed by atoms with Crippen LogP contribution in [-0.4, -0.2) is 69.5 Å². The van der Waals surface area contributed by atoms with Gasteiger partial charge in [0.2, 0.25) is 0 Å². The summed E-state index contributed by atoms with van der Waals surface area (Å²) in [6.07, 6.45) is 1.05. The van der Waals surface area contributed by atoms with Crippen LogP contribution in [0.1, 0.15) is 18.1 Å². The van der Waals surface area contributed by atoms with E-state index in [0.29, 0.717) is 19.7 Å². The Bertz CT molecular complexity index is 858. The molecule has 1 unspecified atom stereocenters. The maximum absolute atomic E-state index is 6.02. The largest absolute Gasteiger partial charge is 0.492 e. The number of fused-ring (bicyclic) bond motifs is 1. The second-order valence-electron chi connectivity index (χ2n) is 8.08. The number of aliphatic imine (C=N–C) groups is 1. The van der Waals surface area contributed by atoms with Crippen molar-refractivity contribution in [2.75, 3.05) is 52.5 Å². The van der Waals surface area contributed by atoms with E-state index in [1.165, 1.54) is 5.56 Å². The molecule has 7 heteroatoms. The zero-order chi connectivity index (χ0) is 22.0. The number of ether oxygens (including phenoxy) is 3. The van der Waals surface area contributed by atoms with Gasteiger partial charge in [-0.25, -0.2) is 4.99 Å². The molecule has 1 atom stereocenters. The summed E-state index contributed by atoms with van der Waals surface area (Å²) >= 11 is 0. The average molecular weight is 439 g/mol. The minimum atomic E-state index is 0.124. The minimum absolute atomic E-state index is 0.124. The lowest BCUT2D eigenvalue weighted by atomic mass is 10.1. The van der Waals surface area contributed by atoms with Crippen LogP contribution in [-0.2, 0) is 17.7 Å². The highest BCUT2D eigenvalue weighted by Crippen LogP contribution is 2.27. The first-order chi connectivity index (χ1) is 15.8. The van der Waals surface area contributed by atoms with E-state index in [2.05, 4.69) is 46.7 Å². The van der Waals surface area contributed by atoms with E-state index < -0.39 is 0 Å². The SMILES string of the molecule is CCNC(=NCc1cccc(OCCN2CCOCC2)c1)NCC1Cc2ccccc2O1. The van der Waals surface area contributed by atoms with Crippen molar-refractivity contribution in [3.05, 3.63) is 59.7 Å². The molecule has 2 heterocycles. The number of hydrogen-bond acceptors (Lipinski definition) is 5. The molecule has 1 saturated heterocycles. The Balaban J connectivity index is 1.25. The number of nitrogens with zero attached hydrogens (tertiary/aromatic N) is 2. The van der Waals surface area contributed by atoms with Gasteiger partial charge in [-0.15, -0.1) is 0 Å². The fourth-order valence-corrected chi connectivity index (χ4v) is 3.94. The molecule has 0 radical (unpaired) electrons. The van der Waals surface area contributed by atoms with Crippen LogP contribution >= 0.6 is 0 Å². The molecule has 0 aliphatic carbocycles. The molecule has 0 bridgehead atoms. The first-order valence-electron chi connectivity index (χ1n) is 11.6. The Morgan fingerprint density at radius 2 is 2.00 bits per heavy atom. The highest BCUT2D eigenvalue weighted by molar-refractivity contribution is 5.79. The van der Waals surface area contributed by atoms with Crippen LogP contribution in [0.4, 0.5) is 0 Å². The van der Waals surface area contributed by atoms with E-state index in [9.17, 15) is 0 Å². The standard InChI is InChI=1S/C25H34N4O3/c1-2-26-25(28-19-23-17-21-7-3-4-9-24(21)32-23)27-18-20-6-5-8-22(16-20)31-15-12-29-10-13-30-14-11-29/h3-9,16,23H,2,10-15,17-19H2,1H3,(H2,26,27,28). The van der Waals surface area contributed by atoms with E-state index in [0.717, 1.165) is 68.8 Å². The molecule has 2 aromatic carbocycles. The zero-order valence-corrected chi connectivity index (χ0v) is 18.9. The third kappa shape index (κ3) is 6.61. The predicted octanol–water partition coefficient (Wildman–Crippen LogP) is 2.46. The lowest BCUT2D eigenvalue weighted by Gasteiger charge is -2.26. The van der Waals surface area contributed by atoms with Gasteiger partial charge < -0.3 is 24.8 Å². The summed E-state index contributed by atoms with van der Waals surface area (Å²) in [7, 11) is 0. The monoisotopic (exact) mass is 438 g/mol. The quantitative estimate of drug-likeness (QED) is 0.463. The molecule has 4 rings (SSSR count). The summed E-state index contributed by atoms with van der Waals surface area (Å²) in [4.78, 5) is 7.12. The number of hydrogen-bond donors (Lipinski definition) is 2. The molecule has 0 aromatic heterocycles. The van der Waals surface area contributed by atoms with Gasteiger partial charge in [-0.05, 0) is 36.2 Å². The maximum atomic E-state index is 6.02. The Morgan fingerprint density at radius 1 is 1.12 bits per heavy atom. The zero-order valence-electron chi connectivity index (χ0n) is 18.9. The van der Waals surface area contributed by atoms with Crippen LogP contribution in [0.5, 0.6) is 11.5 Å². The number of rotatable bonds is 9. The lowest BCUT2D eigenvalue weighted by Crippen LogP contribution is -2.42. The van der Waals surface area contributed by atoms with E-state index in [-0.39, 0.29) is 6.10 Å². The lowest BCUT2D eigenvalue weighted by molar-refractivity contribution is 0.0322. The number of guanidine groups is 1. The van der Waals surface area contributed by atoms with Crippen LogP contribution in [0.15, 0.2) is 53.5 Å². The van der Waals surface area contributed by atoms with Crippen molar-refractivity contribution in [3.8, 4) is 11.5 Å². The van der Waals surface area contributed by atoms with Crippen molar-refractivity contribution in [1.29, 1.82) is 0 Å². The van der Waals surface area contributed by atoms with Gasteiger partial charge in [-0.2, -0.15) is 0 Å². The van der Waals surface area contributed by atoms with Gasteiger partial charge in [-0.1, -0.05) is 30.3 Å². The van der Waals surface area contributed by atoms with Crippen LogP contribution in [0, 0.1) is 0 Å². The van der Waals surface area contributed by atoms with Gasteiger partial charge in [0, 0.05) is 32.6 Å². The number of nitrogens with one attached hydrogen (secondary N) is 2. The molecular weight excluding hydrogens is 404 g/mol. The molecule has 1 fully saturated rings. The Morgan fingerprint density at radius 3 is 2.84 bits per heavy atom. The van der Waals surface area contributed by atoms with Gasteiger partial charge in [-0.3, -0.25) is 4.90 Å². The summed E-state index contributed by atoms with van der Waals surface area (Å²) in [5.74, 6) is 2.68. The van der Waals surface area contributed by atoms with Crippen molar-refractivity contribution in [3.63, 3.8) is 0 Å². The third-order valence-corrected chi connectivity index (χ3v) is 5.65. The van der Waals surface area contributed by atoms with E-state index in [1.54, 1.807) is 0 Å². The van der Waals surface area contributed by atoms with E-state index >= 15 is 0 Å². The van der Waals surface area contributed by atoms with Crippen molar-refractivity contribution in [2.45, 2.75) is 26.0 Å². The van der Waals surface area contributed by atoms with Gasteiger partial charge in [0.15, 0.2) is 5.96 Å². The molecular formula is C25H34N4O3. The average Bonchev–Trinajstić information content (AvgIpc) is 3.25. The second-order valence-corrected chi connectivity index (χ2v) is 8.08. The number of para-hydroxylation sites is 1. The van der Waals surface area contributed by atoms with Crippen LogP contribution in [0.3, 0.4) is 0 Å². The van der Waals surface area contributed by atoms with Gasteiger partial charge >= 0.3 is 0 Å². The third-order valence-electron chi connectivity index (χ3n) is 5.65. The molecule has 2 aliphatic heterocycles. The van der Waals surface area contributed by atoms with Gasteiger partial charge in [0.1, 0.15) is 24.2 Å². The molecule has 32 heavy (non-hydrogen) atoms. The summed E-state index contributed by atoms with van der Waals surface area (Å²) < 4.78 is 17.4. The van der Waals surface area contributed by atoms with E-state index in [1.807, 2.05) is 24.3 Å². The molecule has 2 N–H and O–H groups in total. The predicted molar refractivity (Wildman–Crippen MR) is 127 cm³/mol. The Hall–Kier alpha value is -2.77. The van der Waals surface area contributed by atoms with Crippen molar-refractivity contribution in [1.82, 2.24) is 15.5 Å². The fraction of sp³-hybridized carbons (Fsp3) is 0.480. The molecule has 2 aliphatic rings. The Labute approximate surface area is 190 Å². The van der Waals surface area contributed by atoms with Gasteiger partial charge in [0.05, 0.1) is 26.3 Å². The first-order valence-corrected chi connectivity index (χ1v) is 11.6. The fourth-order valence-electron chi connectivity index (χ4n) is 3.94. The minimum Gasteiger partial charge on any atom is -0.492 e. The van der Waals surface area contributed by atoms with Crippen LogP contribution < -0.4 is 20.1 Å². The van der Waals surface area contributed by atoms with Crippen molar-refractivity contribution in [2.24, 2.45) is 4.99 Å². The van der Waals surface area contributed by atoms with Gasteiger partial charge in [0.25, 0.3) is 0 Å². The van der Waals surface area contributed by atoms with Crippen LogP contribution in [0.2, 0.25) is 0 Å². The molecule has 0 saturated carbocycles. The number of morpholine rings is 1. The van der Waals surface area contributed by atoms with Crippen molar-refractivity contribution >= 4 is 5.96 Å². The summed E-state index contributed by atoms with van der Waals surface area (Å²) in [5.41, 5.74) is 2.39. The normalized spacial score (nSPS) is 18.7. The second kappa shape index (κ2) is 11.7. The topological polar surface area (TPSA) is 67.4 Å². The smallest absolute Gasteiger partial charge is 0.191 e. The summed E-state index contributed by atoms with van der Waals surface area (Å²) in [6.45, 7) is 9.38. The highest BCUT2D eigenvalue weighted by atomic mass is 16.5. The van der Waals surface area contributed by atoms with E-state index in [4.69, 9.17) is 19.2 Å². The summed E-state index contributed by atoms with van der Waals surface area (Å²) in [5, 5.41) is 6.74. The molecule has 172 valence electrons. The highest BCUT2D eigenvalue weighted by Gasteiger charge is 2.22. The maximum Gasteiger partial charge on any atom is 0.191 e. The Kier molecular flexibility index (Phi) is 8.23. The number of benzene rings is 2. The molecule has 0 amide bonds.